The molecule has 0 saturated carbocycles. The average Bonchev–Trinajstić information content (AvgIpc) is 3.05. The largest absolute Gasteiger partial charge is 0.356 e. The van der Waals surface area contributed by atoms with Gasteiger partial charge in [0.15, 0.2) is 5.96 Å². The fourth-order valence-electron chi connectivity index (χ4n) is 2.16. The van der Waals surface area contributed by atoms with Crippen molar-refractivity contribution in [3.05, 3.63) is 18.0 Å². The summed E-state index contributed by atoms with van der Waals surface area (Å²) >= 11 is 2.06. The number of rotatable bonds is 5. The molecule has 2 N–H and O–H groups in total. The van der Waals surface area contributed by atoms with Gasteiger partial charge in [-0.2, -0.15) is 16.9 Å². The van der Waals surface area contributed by atoms with Gasteiger partial charge in [-0.15, -0.1) is 24.0 Å². The van der Waals surface area contributed by atoms with Gasteiger partial charge in [-0.3, -0.25) is 9.67 Å². The molecule has 0 spiro atoms. The second kappa shape index (κ2) is 9.49. The van der Waals surface area contributed by atoms with Gasteiger partial charge in [-0.05, 0) is 30.6 Å². The lowest BCUT2D eigenvalue weighted by molar-refractivity contribution is 0.724. The number of hydrogen-bond acceptors (Lipinski definition) is 3. The second-order valence-electron chi connectivity index (χ2n) is 4.79. The van der Waals surface area contributed by atoms with E-state index < -0.39 is 0 Å². The van der Waals surface area contributed by atoms with Gasteiger partial charge >= 0.3 is 0 Å². The van der Waals surface area contributed by atoms with Crippen molar-refractivity contribution in [2.75, 3.05) is 25.9 Å². The number of aryl methyl sites for hydroxylation is 1. The van der Waals surface area contributed by atoms with E-state index in [2.05, 4.69) is 32.5 Å². The Morgan fingerprint density at radius 2 is 2.40 bits per heavy atom. The maximum absolute atomic E-state index is 4.25. The Kier molecular flexibility index (Phi) is 8.35. The summed E-state index contributed by atoms with van der Waals surface area (Å²) < 4.78 is 1.83. The Labute approximate surface area is 142 Å². The lowest BCUT2D eigenvalue weighted by Gasteiger charge is -2.14. The van der Waals surface area contributed by atoms with Gasteiger partial charge in [-0.1, -0.05) is 0 Å². The van der Waals surface area contributed by atoms with Crippen LogP contribution in [0.1, 0.15) is 18.4 Å². The molecule has 1 atom stereocenters. The SMILES string of the molecule is CN=C(NCCc1cnn(C)c1)NCC1CCCS1.I. The number of halogens is 1. The highest BCUT2D eigenvalue weighted by atomic mass is 127. The van der Waals surface area contributed by atoms with Crippen LogP contribution in [0.2, 0.25) is 0 Å². The normalized spacial score (nSPS) is 18.7. The Balaban J connectivity index is 0.00000200. The zero-order valence-electron chi connectivity index (χ0n) is 12.1. The minimum Gasteiger partial charge on any atom is -0.356 e. The Morgan fingerprint density at radius 3 is 3.00 bits per heavy atom. The van der Waals surface area contributed by atoms with Crippen LogP contribution in [0.4, 0.5) is 0 Å². The average molecular weight is 409 g/mol. The maximum atomic E-state index is 4.25. The lowest BCUT2D eigenvalue weighted by Crippen LogP contribution is -2.40. The molecule has 0 amide bonds. The molecule has 0 radical (unpaired) electrons. The van der Waals surface area contributed by atoms with Gasteiger partial charge < -0.3 is 10.6 Å². The predicted octanol–water partition coefficient (Wildman–Crippen LogP) is 1.64. The minimum atomic E-state index is 0. The van der Waals surface area contributed by atoms with Crippen LogP contribution in [-0.2, 0) is 13.5 Å². The molecule has 114 valence electrons. The van der Waals surface area contributed by atoms with Gasteiger partial charge in [0.1, 0.15) is 0 Å². The molecule has 1 aromatic heterocycles. The highest BCUT2D eigenvalue weighted by molar-refractivity contribution is 14.0. The smallest absolute Gasteiger partial charge is 0.191 e. The second-order valence-corrected chi connectivity index (χ2v) is 6.20. The molecular formula is C13H24IN5S. The van der Waals surface area contributed by atoms with Crippen molar-refractivity contribution in [2.24, 2.45) is 12.0 Å². The molecule has 7 heteroatoms. The van der Waals surface area contributed by atoms with Crippen LogP contribution < -0.4 is 10.6 Å². The van der Waals surface area contributed by atoms with Crippen LogP contribution >= 0.6 is 35.7 Å². The van der Waals surface area contributed by atoms with Gasteiger partial charge in [-0.25, -0.2) is 0 Å². The van der Waals surface area contributed by atoms with Crippen molar-refractivity contribution in [3.63, 3.8) is 0 Å². The van der Waals surface area contributed by atoms with E-state index in [9.17, 15) is 0 Å². The third kappa shape index (κ3) is 5.90. The van der Waals surface area contributed by atoms with Crippen LogP contribution in [0, 0.1) is 0 Å². The number of thioether (sulfide) groups is 1. The fraction of sp³-hybridized carbons (Fsp3) is 0.692. The zero-order valence-corrected chi connectivity index (χ0v) is 15.3. The molecule has 2 rings (SSSR count). The van der Waals surface area contributed by atoms with Crippen molar-refractivity contribution in [3.8, 4) is 0 Å². The third-order valence-corrected chi connectivity index (χ3v) is 4.61. The molecule has 2 heterocycles. The summed E-state index contributed by atoms with van der Waals surface area (Å²) in [5.41, 5.74) is 1.25. The first-order valence-corrected chi connectivity index (χ1v) is 7.86. The van der Waals surface area contributed by atoms with E-state index in [-0.39, 0.29) is 24.0 Å². The van der Waals surface area contributed by atoms with Crippen molar-refractivity contribution in [1.82, 2.24) is 20.4 Å². The van der Waals surface area contributed by atoms with E-state index in [1.807, 2.05) is 31.2 Å². The van der Waals surface area contributed by atoms with E-state index in [0.717, 1.165) is 30.7 Å². The number of aliphatic imine (C=N–C) groups is 1. The van der Waals surface area contributed by atoms with Crippen LogP contribution in [0.15, 0.2) is 17.4 Å². The quantitative estimate of drug-likeness (QED) is 0.441. The number of nitrogens with one attached hydrogen (secondary N) is 2. The summed E-state index contributed by atoms with van der Waals surface area (Å²) in [4.78, 5) is 4.25. The summed E-state index contributed by atoms with van der Waals surface area (Å²) in [6.45, 7) is 1.89. The molecule has 1 fully saturated rings. The fourth-order valence-corrected chi connectivity index (χ4v) is 3.36. The van der Waals surface area contributed by atoms with E-state index in [0.29, 0.717) is 0 Å². The molecule has 1 aromatic rings. The Bertz CT molecular complexity index is 415. The Hall–Kier alpha value is -0.440. The number of nitrogens with zero attached hydrogens (tertiary/aromatic N) is 3. The number of hydrogen-bond donors (Lipinski definition) is 2. The Morgan fingerprint density at radius 1 is 1.55 bits per heavy atom. The molecule has 1 saturated heterocycles. The van der Waals surface area contributed by atoms with Crippen LogP contribution in [0.25, 0.3) is 0 Å². The molecule has 5 nitrogen and oxygen atoms in total. The summed E-state index contributed by atoms with van der Waals surface area (Å²) in [5.74, 6) is 2.20. The van der Waals surface area contributed by atoms with Crippen molar-refractivity contribution in [1.29, 1.82) is 0 Å². The van der Waals surface area contributed by atoms with Gasteiger partial charge in [0.2, 0.25) is 0 Å². The van der Waals surface area contributed by atoms with Crippen molar-refractivity contribution < 1.29 is 0 Å². The van der Waals surface area contributed by atoms with E-state index >= 15 is 0 Å². The summed E-state index contributed by atoms with van der Waals surface area (Å²) in [7, 11) is 3.76. The molecular weight excluding hydrogens is 385 g/mol. The molecule has 0 bridgehead atoms. The van der Waals surface area contributed by atoms with Gasteiger partial charge in [0.05, 0.1) is 6.20 Å². The molecule has 0 aromatic carbocycles. The highest BCUT2D eigenvalue weighted by Gasteiger charge is 2.15. The van der Waals surface area contributed by atoms with Crippen molar-refractivity contribution >= 4 is 41.7 Å². The van der Waals surface area contributed by atoms with Gasteiger partial charge in [0.25, 0.3) is 0 Å². The summed E-state index contributed by atoms with van der Waals surface area (Å²) in [6, 6.07) is 0. The molecule has 20 heavy (non-hydrogen) atoms. The molecule has 0 aliphatic carbocycles. The first-order chi connectivity index (χ1) is 9.28. The first kappa shape index (κ1) is 17.6. The lowest BCUT2D eigenvalue weighted by atomic mass is 10.2. The zero-order chi connectivity index (χ0) is 13.5. The monoisotopic (exact) mass is 409 g/mol. The molecule has 1 unspecified atom stereocenters. The van der Waals surface area contributed by atoms with E-state index in [1.165, 1.54) is 24.2 Å². The third-order valence-electron chi connectivity index (χ3n) is 3.21. The van der Waals surface area contributed by atoms with Crippen LogP contribution in [0.3, 0.4) is 0 Å². The minimum absolute atomic E-state index is 0. The summed E-state index contributed by atoms with van der Waals surface area (Å²) in [6.07, 6.45) is 7.60. The highest BCUT2D eigenvalue weighted by Crippen LogP contribution is 2.25. The van der Waals surface area contributed by atoms with Crippen LogP contribution in [-0.4, -0.2) is 46.9 Å². The number of aromatic nitrogens is 2. The first-order valence-electron chi connectivity index (χ1n) is 6.81. The van der Waals surface area contributed by atoms with Gasteiger partial charge in [0, 0.05) is 38.6 Å². The van der Waals surface area contributed by atoms with E-state index in [4.69, 9.17) is 0 Å². The standard InChI is InChI=1S/C13H23N5S.HI/c1-14-13(16-9-12-4-3-7-19-12)15-6-5-11-8-17-18(2)10-11;/h8,10,12H,3-7,9H2,1-2H3,(H2,14,15,16);1H. The van der Waals surface area contributed by atoms with E-state index in [1.54, 1.807) is 0 Å². The number of guanidine groups is 1. The van der Waals surface area contributed by atoms with Crippen LogP contribution in [0.5, 0.6) is 0 Å². The van der Waals surface area contributed by atoms with Crippen molar-refractivity contribution in [2.45, 2.75) is 24.5 Å². The summed E-state index contributed by atoms with van der Waals surface area (Å²) in [5, 5.41) is 11.7. The maximum Gasteiger partial charge on any atom is 0.191 e. The topological polar surface area (TPSA) is 54.2 Å². The predicted molar refractivity (Wildman–Crippen MR) is 97.2 cm³/mol. The molecule has 1 aliphatic heterocycles. The molecule has 1 aliphatic rings.